The smallest absolute Gasteiger partial charge is 0.125 e. The van der Waals surface area contributed by atoms with Crippen LogP contribution >= 0.6 is 0 Å². The molecule has 0 amide bonds. The molecule has 0 aliphatic heterocycles. The summed E-state index contributed by atoms with van der Waals surface area (Å²) in [5.74, 6) is 0.175. The molecule has 0 bridgehead atoms. The lowest BCUT2D eigenvalue weighted by molar-refractivity contribution is 0.477. The molecule has 0 unspecified atom stereocenters. The third kappa shape index (κ3) is 2.91. The van der Waals surface area contributed by atoms with E-state index in [-0.39, 0.29) is 11.6 Å². The predicted molar refractivity (Wildman–Crippen MR) is 91.7 cm³/mol. The molecule has 22 heavy (non-hydrogen) atoms. The molecule has 0 aliphatic rings. The molecule has 0 saturated carbocycles. The monoisotopic (exact) mass is 296 g/mol. The molecule has 1 radical (unpaired) electrons. The second-order valence-corrected chi connectivity index (χ2v) is 5.18. The van der Waals surface area contributed by atoms with E-state index in [1.165, 1.54) is 0 Å². The van der Waals surface area contributed by atoms with Crippen molar-refractivity contribution >= 4 is 11.5 Å². The standard InChI is InChI=1S/C18H22N3O/c1-4-21(5-2)13-9-10-14(16(22)11-13)17-12(3)7-6-8-15(17)18(19)20/h6,8-11,22H,4-5H2,1-3H3,(H3,19,20). The Morgan fingerprint density at radius 2 is 1.95 bits per heavy atom. The fourth-order valence-corrected chi connectivity index (χ4v) is 2.70. The van der Waals surface area contributed by atoms with Crippen molar-refractivity contribution in [1.82, 2.24) is 0 Å². The number of aryl methyl sites for hydroxylation is 1. The topological polar surface area (TPSA) is 73.3 Å². The molecule has 0 fully saturated rings. The molecule has 0 spiro atoms. The maximum Gasteiger partial charge on any atom is 0.125 e. The minimum atomic E-state index is -0.0145. The van der Waals surface area contributed by atoms with Crippen LogP contribution in [0.5, 0.6) is 5.75 Å². The van der Waals surface area contributed by atoms with Crippen molar-refractivity contribution in [3.8, 4) is 16.9 Å². The minimum Gasteiger partial charge on any atom is -0.507 e. The number of hydrogen-bond acceptors (Lipinski definition) is 3. The summed E-state index contributed by atoms with van der Waals surface area (Å²) in [6.07, 6.45) is 0. The van der Waals surface area contributed by atoms with E-state index in [9.17, 15) is 5.11 Å². The Morgan fingerprint density at radius 1 is 1.27 bits per heavy atom. The van der Waals surface area contributed by atoms with Crippen molar-refractivity contribution in [1.29, 1.82) is 5.41 Å². The highest BCUT2D eigenvalue weighted by Crippen LogP contribution is 2.36. The number of phenols is 1. The van der Waals surface area contributed by atoms with Crippen molar-refractivity contribution in [3.63, 3.8) is 0 Å². The van der Waals surface area contributed by atoms with Gasteiger partial charge in [-0.1, -0.05) is 12.1 Å². The second kappa shape index (κ2) is 6.52. The van der Waals surface area contributed by atoms with Gasteiger partial charge >= 0.3 is 0 Å². The molecule has 0 saturated heterocycles. The highest BCUT2D eigenvalue weighted by Gasteiger charge is 2.15. The van der Waals surface area contributed by atoms with Gasteiger partial charge in [-0.15, -0.1) is 0 Å². The molecule has 2 aromatic carbocycles. The number of phenolic OH excluding ortho intramolecular Hbond substituents is 1. The van der Waals surface area contributed by atoms with E-state index >= 15 is 0 Å². The first-order valence-corrected chi connectivity index (χ1v) is 7.43. The van der Waals surface area contributed by atoms with E-state index in [2.05, 4.69) is 24.8 Å². The van der Waals surface area contributed by atoms with Crippen LogP contribution in [0.3, 0.4) is 0 Å². The van der Waals surface area contributed by atoms with Gasteiger partial charge in [-0.25, -0.2) is 0 Å². The molecular weight excluding hydrogens is 274 g/mol. The molecule has 0 aromatic heterocycles. The molecule has 4 nitrogen and oxygen atoms in total. The highest BCUT2D eigenvalue weighted by molar-refractivity contribution is 6.03. The highest BCUT2D eigenvalue weighted by atomic mass is 16.3. The quantitative estimate of drug-likeness (QED) is 0.585. The Bertz CT molecular complexity index is 691. The fraction of sp³-hybridized carbons (Fsp3) is 0.278. The van der Waals surface area contributed by atoms with Gasteiger partial charge in [-0.3, -0.25) is 5.41 Å². The summed E-state index contributed by atoms with van der Waals surface area (Å²) in [4.78, 5) is 2.17. The third-order valence-electron chi connectivity index (χ3n) is 3.86. The van der Waals surface area contributed by atoms with Gasteiger partial charge < -0.3 is 15.7 Å². The number of nitrogen functional groups attached to an aromatic ring is 1. The van der Waals surface area contributed by atoms with Gasteiger partial charge in [0.15, 0.2) is 0 Å². The van der Waals surface area contributed by atoms with E-state index < -0.39 is 0 Å². The van der Waals surface area contributed by atoms with Gasteiger partial charge in [0.2, 0.25) is 0 Å². The second-order valence-electron chi connectivity index (χ2n) is 5.18. The average Bonchev–Trinajstić information content (AvgIpc) is 2.49. The lowest BCUT2D eigenvalue weighted by Crippen LogP contribution is -2.21. The van der Waals surface area contributed by atoms with E-state index in [0.717, 1.165) is 29.9 Å². The Kier molecular flexibility index (Phi) is 4.71. The van der Waals surface area contributed by atoms with Crippen LogP contribution in [-0.4, -0.2) is 24.0 Å². The van der Waals surface area contributed by atoms with Crippen LogP contribution in [0.1, 0.15) is 25.0 Å². The Balaban J connectivity index is 2.58. The fourth-order valence-electron chi connectivity index (χ4n) is 2.70. The maximum absolute atomic E-state index is 10.5. The summed E-state index contributed by atoms with van der Waals surface area (Å²) in [6, 6.07) is 12.2. The third-order valence-corrected chi connectivity index (χ3v) is 3.86. The number of nitrogens with two attached hydrogens (primary N) is 1. The number of nitrogens with one attached hydrogen (secondary N) is 1. The van der Waals surface area contributed by atoms with Crippen LogP contribution in [0.15, 0.2) is 30.3 Å². The molecule has 2 aromatic rings. The zero-order valence-corrected chi connectivity index (χ0v) is 13.3. The van der Waals surface area contributed by atoms with Crippen LogP contribution in [0.4, 0.5) is 5.69 Å². The van der Waals surface area contributed by atoms with Gasteiger partial charge in [0, 0.05) is 36.0 Å². The van der Waals surface area contributed by atoms with Crippen LogP contribution in [0, 0.1) is 18.4 Å². The Hall–Kier alpha value is -2.49. The number of hydrogen-bond donors (Lipinski definition) is 3. The lowest BCUT2D eigenvalue weighted by atomic mass is 9.93. The first-order valence-electron chi connectivity index (χ1n) is 7.43. The maximum atomic E-state index is 10.5. The van der Waals surface area contributed by atoms with Crippen molar-refractivity contribution in [3.05, 3.63) is 47.5 Å². The summed E-state index contributed by atoms with van der Waals surface area (Å²) in [7, 11) is 0. The van der Waals surface area contributed by atoms with Gasteiger partial charge in [0.1, 0.15) is 11.6 Å². The van der Waals surface area contributed by atoms with Crippen LogP contribution in [-0.2, 0) is 0 Å². The number of amidine groups is 1. The molecule has 4 heteroatoms. The first kappa shape index (κ1) is 15.9. The molecule has 115 valence electrons. The molecule has 0 atom stereocenters. The Morgan fingerprint density at radius 3 is 2.50 bits per heavy atom. The van der Waals surface area contributed by atoms with Gasteiger partial charge in [0.05, 0.1) is 0 Å². The van der Waals surface area contributed by atoms with Crippen molar-refractivity contribution in [2.24, 2.45) is 5.73 Å². The summed E-state index contributed by atoms with van der Waals surface area (Å²) in [5.41, 5.74) is 9.56. The van der Waals surface area contributed by atoms with Crippen LogP contribution < -0.4 is 10.6 Å². The molecule has 4 N–H and O–H groups in total. The number of benzene rings is 2. The molecular formula is C18H22N3O. The van der Waals surface area contributed by atoms with Gasteiger partial charge in [-0.2, -0.15) is 0 Å². The van der Waals surface area contributed by atoms with Crippen molar-refractivity contribution < 1.29 is 5.11 Å². The van der Waals surface area contributed by atoms with Crippen molar-refractivity contribution in [2.75, 3.05) is 18.0 Å². The zero-order valence-electron chi connectivity index (χ0n) is 13.3. The predicted octanol–water partition coefficient (Wildman–Crippen LogP) is 3.30. The number of nitrogens with zero attached hydrogens (tertiary/aromatic N) is 1. The number of rotatable bonds is 5. The van der Waals surface area contributed by atoms with Gasteiger partial charge in [0.25, 0.3) is 0 Å². The summed E-state index contributed by atoms with van der Waals surface area (Å²) in [5, 5.41) is 18.2. The van der Waals surface area contributed by atoms with Crippen molar-refractivity contribution in [2.45, 2.75) is 20.8 Å². The number of aromatic hydroxyl groups is 1. The van der Waals surface area contributed by atoms with E-state index in [1.54, 1.807) is 18.2 Å². The summed E-state index contributed by atoms with van der Waals surface area (Å²) >= 11 is 0. The summed E-state index contributed by atoms with van der Waals surface area (Å²) < 4.78 is 0. The largest absolute Gasteiger partial charge is 0.507 e. The Labute approximate surface area is 131 Å². The molecule has 0 aliphatic carbocycles. The average molecular weight is 296 g/mol. The van der Waals surface area contributed by atoms with Crippen LogP contribution in [0.2, 0.25) is 0 Å². The lowest BCUT2D eigenvalue weighted by Gasteiger charge is -2.22. The summed E-state index contributed by atoms with van der Waals surface area (Å²) in [6.45, 7) is 7.83. The van der Waals surface area contributed by atoms with Gasteiger partial charge in [-0.05, 0) is 50.1 Å². The normalized spacial score (nSPS) is 10.5. The first-order chi connectivity index (χ1) is 10.5. The zero-order chi connectivity index (χ0) is 16.3. The van der Waals surface area contributed by atoms with E-state index in [0.29, 0.717) is 11.1 Å². The molecule has 0 heterocycles. The van der Waals surface area contributed by atoms with Crippen LogP contribution in [0.25, 0.3) is 11.1 Å². The van der Waals surface area contributed by atoms with E-state index in [1.807, 2.05) is 19.1 Å². The van der Waals surface area contributed by atoms with E-state index in [4.69, 9.17) is 11.1 Å². The SMILES string of the molecule is CCN(CC)c1ccc(-c2c(C)[c]ccc2C(=N)N)c(O)c1. The minimum absolute atomic E-state index is 0.0145. The number of anilines is 1. The molecule has 2 rings (SSSR count).